The third-order valence-electron chi connectivity index (χ3n) is 5.24. The number of nitrogens with one attached hydrogen (secondary N) is 1. The third kappa shape index (κ3) is 2.42. The molecule has 1 aromatic heterocycles. The van der Waals surface area contributed by atoms with Crippen LogP contribution in [0.5, 0.6) is 0 Å². The number of thiazole rings is 1. The standard InChI is InChI=1S/C22H17N3O2S/c1-12-13(2)28-22(23-12)24-20(26)18-16-8-5-7-15-11-10-14-6-3-4-9-17(14)25(19(15)16)21(18)27/h3-11,18H,1-2H3,(H,23,24,26). The number of aromatic nitrogens is 1. The van der Waals surface area contributed by atoms with Crippen molar-refractivity contribution < 1.29 is 9.59 Å². The molecule has 0 bridgehead atoms. The van der Waals surface area contributed by atoms with Gasteiger partial charge in [-0.15, -0.1) is 11.3 Å². The smallest absolute Gasteiger partial charge is 0.248 e. The molecule has 0 aliphatic carbocycles. The predicted octanol–water partition coefficient (Wildman–Crippen LogP) is 4.64. The molecule has 2 amide bonds. The Bertz CT molecular complexity index is 1160. The Hall–Kier alpha value is -3.25. The van der Waals surface area contributed by atoms with Crippen LogP contribution in [-0.4, -0.2) is 16.8 Å². The molecule has 1 unspecified atom stereocenters. The fraction of sp³-hybridized carbons (Fsp3) is 0.136. The van der Waals surface area contributed by atoms with Gasteiger partial charge in [0.15, 0.2) is 5.13 Å². The molecule has 2 aliphatic heterocycles. The minimum absolute atomic E-state index is 0.235. The average Bonchev–Trinajstić information content (AvgIpc) is 3.08. The van der Waals surface area contributed by atoms with Crippen molar-refractivity contribution in [2.75, 3.05) is 10.2 Å². The van der Waals surface area contributed by atoms with Gasteiger partial charge in [0.05, 0.1) is 17.1 Å². The summed E-state index contributed by atoms with van der Waals surface area (Å²) < 4.78 is 0. The molecule has 2 aliphatic rings. The van der Waals surface area contributed by atoms with Crippen LogP contribution in [0.25, 0.3) is 12.2 Å². The number of nitrogens with zero attached hydrogens (tertiary/aromatic N) is 2. The Morgan fingerprint density at radius 1 is 1.07 bits per heavy atom. The molecule has 28 heavy (non-hydrogen) atoms. The van der Waals surface area contributed by atoms with Gasteiger partial charge >= 0.3 is 0 Å². The summed E-state index contributed by atoms with van der Waals surface area (Å²) in [6.45, 7) is 3.86. The fourth-order valence-electron chi connectivity index (χ4n) is 3.79. The summed E-state index contributed by atoms with van der Waals surface area (Å²) in [6.07, 6.45) is 4.01. The van der Waals surface area contributed by atoms with E-state index in [0.29, 0.717) is 5.13 Å². The Kier molecular flexibility index (Phi) is 3.70. The van der Waals surface area contributed by atoms with Crippen LogP contribution in [0.15, 0.2) is 42.5 Å². The van der Waals surface area contributed by atoms with E-state index in [4.69, 9.17) is 0 Å². The molecule has 0 saturated heterocycles. The number of amides is 2. The van der Waals surface area contributed by atoms with Crippen molar-refractivity contribution in [2.45, 2.75) is 19.8 Å². The summed E-state index contributed by atoms with van der Waals surface area (Å²) in [5.74, 6) is -1.47. The molecule has 1 N–H and O–H groups in total. The minimum atomic E-state index is -0.890. The molecule has 5 rings (SSSR count). The number of hydrogen-bond donors (Lipinski definition) is 1. The van der Waals surface area contributed by atoms with Gasteiger partial charge in [-0.1, -0.05) is 48.6 Å². The van der Waals surface area contributed by atoms with Gasteiger partial charge in [0, 0.05) is 4.88 Å². The first-order valence-electron chi connectivity index (χ1n) is 9.03. The van der Waals surface area contributed by atoms with E-state index < -0.39 is 5.92 Å². The van der Waals surface area contributed by atoms with Crippen LogP contribution < -0.4 is 10.2 Å². The molecule has 0 saturated carbocycles. The Labute approximate surface area is 166 Å². The lowest BCUT2D eigenvalue weighted by Gasteiger charge is -2.20. The molecule has 1 atom stereocenters. The molecule has 138 valence electrons. The van der Waals surface area contributed by atoms with Crippen molar-refractivity contribution in [3.8, 4) is 0 Å². The van der Waals surface area contributed by atoms with E-state index in [1.165, 1.54) is 11.3 Å². The van der Waals surface area contributed by atoms with Crippen molar-refractivity contribution in [1.29, 1.82) is 0 Å². The third-order valence-corrected chi connectivity index (χ3v) is 6.23. The first-order valence-corrected chi connectivity index (χ1v) is 9.85. The van der Waals surface area contributed by atoms with E-state index in [-0.39, 0.29) is 11.8 Å². The minimum Gasteiger partial charge on any atom is -0.301 e. The molecule has 5 nitrogen and oxygen atoms in total. The zero-order valence-electron chi connectivity index (χ0n) is 15.4. The highest BCUT2D eigenvalue weighted by Gasteiger charge is 2.44. The normalized spacial score (nSPS) is 16.6. The zero-order chi connectivity index (χ0) is 19.4. The number of rotatable bonds is 2. The van der Waals surface area contributed by atoms with Crippen molar-refractivity contribution in [3.63, 3.8) is 0 Å². The zero-order valence-corrected chi connectivity index (χ0v) is 16.2. The van der Waals surface area contributed by atoms with Crippen LogP contribution in [0, 0.1) is 13.8 Å². The summed E-state index contributed by atoms with van der Waals surface area (Å²) in [5, 5.41) is 3.37. The van der Waals surface area contributed by atoms with Crippen molar-refractivity contribution >= 4 is 51.8 Å². The highest BCUT2D eigenvalue weighted by molar-refractivity contribution is 7.15. The van der Waals surface area contributed by atoms with Crippen molar-refractivity contribution in [2.24, 2.45) is 0 Å². The summed E-state index contributed by atoms with van der Waals surface area (Å²) in [5.41, 5.74) is 5.08. The van der Waals surface area contributed by atoms with E-state index in [9.17, 15) is 9.59 Å². The van der Waals surface area contributed by atoms with Crippen LogP contribution in [0.2, 0.25) is 0 Å². The van der Waals surface area contributed by atoms with Gasteiger partial charge in [0.2, 0.25) is 11.8 Å². The quantitative estimate of drug-likeness (QED) is 0.652. The first-order chi connectivity index (χ1) is 13.5. The second-order valence-electron chi connectivity index (χ2n) is 6.93. The Morgan fingerprint density at radius 3 is 2.61 bits per heavy atom. The molecule has 6 heteroatoms. The number of benzene rings is 2. The average molecular weight is 387 g/mol. The van der Waals surface area contributed by atoms with Crippen molar-refractivity contribution in [3.05, 3.63) is 69.7 Å². The molecule has 3 aromatic rings. The number of hydrogen-bond acceptors (Lipinski definition) is 4. The molecule has 0 spiro atoms. The van der Waals surface area contributed by atoms with Crippen LogP contribution in [-0.2, 0) is 9.59 Å². The molecule has 0 fully saturated rings. The van der Waals surface area contributed by atoms with E-state index in [1.54, 1.807) is 4.90 Å². The topological polar surface area (TPSA) is 62.3 Å². The number of carbonyl (C=O) groups is 2. The van der Waals surface area contributed by atoms with Crippen molar-refractivity contribution in [1.82, 2.24) is 4.98 Å². The van der Waals surface area contributed by atoms with Gasteiger partial charge in [0.1, 0.15) is 5.92 Å². The Morgan fingerprint density at radius 2 is 1.82 bits per heavy atom. The van der Waals surface area contributed by atoms with Gasteiger partial charge in [-0.05, 0) is 36.6 Å². The van der Waals surface area contributed by atoms with Crippen LogP contribution in [0.4, 0.5) is 16.5 Å². The highest BCUT2D eigenvalue weighted by Crippen LogP contribution is 2.47. The number of carbonyl (C=O) groups excluding carboxylic acids is 2. The summed E-state index contributed by atoms with van der Waals surface area (Å²) >= 11 is 1.42. The van der Waals surface area contributed by atoms with E-state index in [0.717, 1.165) is 38.6 Å². The van der Waals surface area contributed by atoms with Gasteiger partial charge < -0.3 is 5.32 Å². The molecule has 3 heterocycles. The van der Waals surface area contributed by atoms with Crippen LogP contribution in [0.3, 0.4) is 0 Å². The number of anilines is 3. The second-order valence-corrected chi connectivity index (χ2v) is 8.14. The maximum atomic E-state index is 13.4. The van der Waals surface area contributed by atoms with E-state index in [2.05, 4.69) is 10.3 Å². The largest absolute Gasteiger partial charge is 0.301 e. The maximum absolute atomic E-state index is 13.4. The second kappa shape index (κ2) is 6.14. The Balaban J connectivity index is 1.61. The predicted molar refractivity (Wildman–Crippen MR) is 112 cm³/mol. The van der Waals surface area contributed by atoms with E-state index in [1.807, 2.05) is 68.5 Å². The maximum Gasteiger partial charge on any atom is 0.248 e. The number of fused-ring (bicyclic) bond motifs is 2. The lowest BCUT2D eigenvalue weighted by molar-refractivity contribution is -0.126. The highest BCUT2D eigenvalue weighted by atomic mass is 32.1. The summed E-state index contributed by atoms with van der Waals surface area (Å²) in [4.78, 5) is 33.6. The van der Waals surface area contributed by atoms with Gasteiger partial charge in [0.25, 0.3) is 0 Å². The van der Waals surface area contributed by atoms with Gasteiger partial charge in [-0.3, -0.25) is 14.5 Å². The lowest BCUT2D eigenvalue weighted by atomic mass is 9.97. The molecule has 0 radical (unpaired) electrons. The lowest BCUT2D eigenvalue weighted by Crippen LogP contribution is -2.31. The van der Waals surface area contributed by atoms with Crippen LogP contribution >= 0.6 is 11.3 Å². The first kappa shape index (κ1) is 16.9. The summed E-state index contributed by atoms with van der Waals surface area (Å²) in [7, 11) is 0. The van der Waals surface area contributed by atoms with Gasteiger partial charge in [-0.25, -0.2) is 4.98 Å². The van der Waals surface area contributed by atoms with E-state index >= 15 is 0 Å². The van der Waals surface area contributed by atoms with Crippen LogP contribution in [0.1, 0.15) is 33.2 Å². The molecule has 2 aromatic carbocycles. The SMILES string of the molecule is Cc1nc(NC(=O)C2C(=O)N3c4ccccc4C=Cc4cccc2c43)sc1C. The molecular weight excluding hydrogens is 370 g/mol. The number of para-hydroxylation sites is 2. The number of aryl methyl sites for hydroxylation is 2. The van der Waals surface area contributed by atoms with Gasteiger partial charge in [-0.2, -0.15) is 0 Å². The molecular formula is C22H17N3O2S. The monoisotopic (exact) mass is 387 g/mol. The fourth-order valence-corrected chi connectivity index (χ4v) is 4.60. The summed E-state index contributed by atoms with van der Waals surface area (Å²) in [6, 6.07) is 13.5.